The molecule has 3 nitrogen and oxygen atoms in total. The minimum Gasteiger partial charge on any atom is -0.404 e. The fourth-order valence-electron chi connectivity index (χ4n) is 0.730. The summed E-state index contributed by atoms with van der Waals surface area (Å²) in [5, 5.41) is 8.56. The zero-order chi connectivity index (χ0) is 8.10. The smallest absolute Gasteiger partial charge is 0.101 e. The highest BCUT2D eigenvalue weighted by Crippen LogP contribution is 2.09. The predicted molar refractivity (Wildman–Crippen MR) is 42.0 cm³/mol. The molecule has 0 fully saturated rings. The van der Waals surface area contributed by atoms with Crippen molar-refractivity contribution >= 4 is 5.57 Å². The Morgan fingerprint density at radius 3 is 2.64 bits per heavy atom. The van der Waals surface area contributed by atoms with Crippen LogP contribution in [0.5, 0.6) is 0 Å². The van der Waals surface area contributed by atoms with Gasteiger partial charge in [0.05, 0.1) is 5.57 Å². The maximum atomic E-state index is 8.56. The molecule has 3 heteroatoms. The van der Waals surface area contributed by atoms with Crippen molar-refractivity contribution in [2.24, 2.45) is 5.73 Å². The van der Waals surface area contributed by atoms with Gasteiger partial charge in [-0.3, -0.25) is 4.98 Å². The van der Waals surface area contributed by atoms with Crippen LogP contribution in [0.4, 0.5) is 0 Å². The predicted octanol–water partition coefficient (Wildman–Crippen LogP) is 0.905. The number of pyridine rings is 1. The van der Waals surface area contributed by atoms with Gasteiger partial charge in [-0.2, -0.15) is 5.26 Å². The summed E-state index contributed by atoms with van der Waals surface area (Å²) in [4.78, 5) is 3.82. The first-order valence-electron chi connectivity index (χ1n) is 3.11. The zero-order valence-electron chi connectivity index (χ0n) is 5.86. The van der Waals surface area contributed by atoms with E-state index < -0.39 is 0 Å². The SMILES string of the molecule is N#C/C(=C\N)c1ccncc1. The second kappa shape index (κ2) is 3.37. The van der Waals surface area contributed by atoms with Crippen LogP contribution in [0, 0.1) is 11.3 Å². The van der Waals surface area contributed by atoms with Gasteiger partial charge < -0.3 is 5.73 Å². The van der Waals surface area contributed by atoms with E-state index in [1.807, 2.05) is 6.07 Å². The average molecular weight is 145 g/mol. The lowest BCUT2D eigenvalue weighted by molar-refractivity contribution is 1.31. The van der Waals surface area contributed by atoms with Crippen molar-refractivity contribution in [2.45, 2.75) is 0 Å². The van der Waals surface area contributed by atoms with Crippen LogP contribution in [0.25, 0.3) is 5.57 Å². The normalized spacial score (nSPS) is 10.6. The van der Waals surface area contributed by atoms with Gasteiger partial charge in [-0.15, -0.1) is 0 Å². The fraction of sp³-hybridized carbons (Fsp3) is 0. The molecule has 1 aromatic rings. The number of nitrogens with zero attached hydrogens (tertiary/aromatic N) is 2. The van der Waals surface area contributed by atoms with E-state index in [4.69, 9.17) is 11.0 Å². The molecular formula is C8H7N3. The highest BCUT2D eigenvalue weighted by molar-refractivity contribution is 5.75. The minimum absolute atomic E-state index is 0.465. The van der Waals surface area contributed by atoms with Crippen LogP contribution in [-0.4, -0.2) is 4.98 Å². The van der Waals surface area contributed by atoms with Gasteiger partial charge in [0.2, 0.25) is 0 Å². The third kappa shape index (κ3) is 1.55. The van der Waals surface area contributed by atoms with Gasteiger partial charge >= 0.3 is 0 Å². The largest absolute Gasteiger partial charge is 0.404 e. The molecule has 1 heterocycles. The van der Waals surface area contributed by atoms with Crippen LogP contribution in [0.2, 0.25) is 0 Å². The zero-order valence-corrected chi connectivity index (χ0v) is 5.86. The maximum Gasteiger partial charge on any atom is 0.101 e. The van der Waals surface area contributed by atoms with Gasteiger partial charge in [-0.1, -0.05) is 0 Å². The first-order chi connectivity index (χ1) is 5.38. The molecule has 1 aromatic heterocycles. The highest BCUT2D eigenvalue weighted by Gasteiger charge is 1.95. The van der Waals surface area contributed by atoms with E-state index in [-0.39, 0.29) is 0 Å². The van der Waals surface area contributed by atoms with Crippen molar-refractivity contribution in [3.05, 3.63) is 36.3 Å². The molecule has 0 bridgehead atoms. The standard InChI is InChI=1S/C8H7N3/c9-5-8(6-10)7-1-3-11-4-2-7/h1-5H,9H2/b8-5+. The van der Waals surface area contributed by atoms with Crippen LogP contribution < -0.4 is 5.73 Å². The van der Waals surface area contributed by atoms with Crippen molar-refractivity contribution < 1.29 is 0 Å². The molecule has 0 aromatic carbocycles. The lowest BCUT2D eigenvalue weighted by atomic mass is 10.1. The number of allylic oxidation sites excluding steroid dienone is 1. The van der Waals surface area contributed by atoms with Crippen LogP contribution >= 0.6 is 0 Å². The van der Waals surface area contributed by atoms with E-state index >= 15 is 0 Å². The van der Waals surface area contributed by atoms with E-state index in [0.29, 0.717) is 5.57 Å². The molecule has 0 spiro atoms. The summed E-state index contributed by atoms with van der Waals surface area (Å²) in [5.41, 5.74) is 6.47. The molecule has 54 valence electrons. The maximum absolute atomic E-state index is 8.56. The molecular weight excluding hydrogens is 138 g/mol. The first kappa shape index (κ1) is 7.29. The molecule has 0 aliphatic heterocycles. The summed E-state index contributed by atoms with van der Waals surface area (Å²) in [6, 6.07) is 5.45. The Balaban J connectivity index is 3.05. The number of rotatable bonds is 1. The van der Waals surface area contributed by atoms with Crippen LogP contribution in [0.1, 0.15) is 5.56 Å². The van der Waals surface area contributed by atoms with E-state index in [2.05, 4.69) is 4.98 Å². The second-order valence-electron chi connectivity index (χ2n) is 1.93. The highest BCUT2D eigenvalue weighted by atomic mass is 14.6. The average Bonchev–Trinajstić information content (AvgIpc) is 2.09. The van der Waals surface area contributed by atoms with Gasteiger partial charge in [0.15, 0.2) is 0 Å². The second-order valence-corrected chi connectivity index (χ2v) is 1.93. The summed E-state index contributed by atoms with van der Waals surface area (Å²) in [5.74, 6) is 0. The molecule has 0 amide bonds. The van der Waals surface area contributed by atoms with Crippen LogP contribution in [0.15, 0.2) is 30.7 Å². The fourth-order valence-corrected chi connectivity index (χ4v) is 0.730. The van der Waals surface area contributed by atoms with Gasteiger partial charge in [0, 0.05) is 18.6 Å². The third-order valence-electron chi connectivity index (χ3n) is 1.28. The van der Waals surface area contributed by atoms with E-state index in [1.54, 1.807) is 24.5 Å². The molecule has 0 saturated heterocycles. The number of nitriles is 1. The monoisotopic (exact) mass is 145 g/mol. The Kier molecular flexibility index (Phi) is 2.24. The summed E-state index contributed by atoms with van der Waals surface area (Å²) >= 11 is 0. The molecule has 0 radical (unpaired) electrons. The Morgan fingerprint density at radius 1 is 1.55 bits per heavy atom. The van der Waals surface area contributed by atoms with E-state index in [9.17, 15) is 0 Å². The van der Waals surface area contributed by atoms with Gasteiger partial charge in [0.1, 0.15) is 6.07 Å². The molecule has 0 unspecified atom stereocenters. The Labute approximate surface area is 64.8 Å². The Morgan fingerprint density at radius 2 is 2.18 bits per heavy atom. The molecule has 0 saturated carbocycles. The molecule has 0 atom stereocenters. The van der Waals surface area contributed by atoms with E-state index in [1.165, 1.54) is 6.20 Å². The third-order valence-corrected chi connectivity index (χ3v) is 1.28. The molecule has 11 heavy (non-hydrogen) atoms. The number of hydrogen-bond donors (Lipinski definition) is 1. The molecule has 1 rings (SSSR count). The van der Waals surface area contributed by atoms with Crippen molar-refractivity contribution in [3.63, 3.8) is 0 Å². The van der Waals surface area contributed by atoms with Crippen LogP contribution in [0.3, 0.4) is 0 Å². The molecule has 2 N–H and O–H groups in total. The van der Waals surface area contributed by atoms with Gasteiger partial charge in [0.25, 0.3) is 0 Å². The van der Waals surface area contributed by atoms with Crippen molar-refractivity contribution in [1.29, 1.82) is 5.26 Å². The summed E-state index contributed by atoms with van der Waals surface area (Å²) < 4.78 is 0. The summed E-state index contributed by atoms with van der Waals surface area (Å²) in [7, 11) is 0. The topological polar surface area (TPSA) is 62.7 Å². The van der Waals surface area contributed by atoms with Crippen molar-refractivity contribution in [2.75, 3.05) is 0 Å². The minimum atomic E-state index is 0.465. The Bertz CT molecular complexity index is 295. The lowest BCUT2D eigenvalue weighted by Gasteiger charge is -1.93. The van der Waals surface area contributed by atoms with Crippen LogP contribution in [-0.2, 0) is 0 Å². The lowest BCUT2D eigenvalue weighted by Crippen LogP contribution is -1.86. The summed E-state index contributed by atoms with van der Waals surface area (Å²) in [6.07, 6.45) is 4.53. The Hall–Kier alpha value is -1.82. The van der Waals surface area contributed by atoms with Crippen molar-refractivity contribution in [3.8, 4) is 6.07 Å². The molecule has 0 aliphatic rings. The van der Waals surface area contributed by atoms with Crippen molar-refractivity contribution in [1.82, 2.24) is 4.98 Å². The summed E-state index contributed by atoms with van der Waals surface area (Å²) in [6.45, 7) is 0. The first-order valence-corrected chi connectivity index (χ1v) is 3.11. The van der Waals surface area contributed by atoms with E-state index in [0.717, 1.165) is 5.56 Å². The quantitative estimate of drug-likeness (QED) is 0.597. The number of hydrogen-bond acceptors (Lipinski definition) is 3. The molecule has 0 aliphatic carbocycles. The van der Waals surface area contributed by atoms with Gasteiger partial charge in [-0.25, -0.2) is 0 Å². The number of aromatic nitrogens is 1. The number of nitrogens with two attached hydrogens (primary N) is 1. The van der Waals surface area contributed by atoms with Gasteiger partial charge in [-0.05, 0) is 17.7 Å².